The van der Waals surface area contributed by atoms with Crippen molar-refractivity contribution in [1.82, 2.24) is 24.5 Å². The number of pyridine rings is 2. The van der Waals surface area contributed by atoms with Gasteiger partial charge in [-0.3, -0.25) is 9.30 Å². The van der Waals surface area contributed by atoms with Gasteiger partial charge in [0.2, 0.25) is 0 Å². The van der Waals surface area contributed by atoms with E-state index in [4.69, 9.17) is 20.2 Å². The summed E-state index contributed by atoms with van der Waals surface area (Å²) < 4.78 is 54.7. The van der Waals surface area contributed by atoms with Crippen LogP contribution in [0.3, 0.4) is 0 Å². The van der Waals surface area contributed by atoms with E-state index in [0.717, 1.165) is 11.8 Å². The first-order chi connectivity index (χ1) is 17.3. The van der Waals surface area contributed by atoms with E-state index in [9.17, 15) is 13.2 Å². The van der Waals surface area contributed by atoms with Gasteiger partial charge >= 0.3 is 6.18 Å². The maximum atomic E-state index is 14.1. The molecule has 36 heavy (non-hydrogen) atoms. The molecule has 2 unspecified atom stereocenters. The van der Waals surface area contributed by atoms with Crippen molar-refractivity contribution in [2.45, 2.75) is 31.1 Å². The summed E-state index contributed by atoms with van der Waals surface area (Å²) in [7, 11) is 1.64. The molecule has 190 valence electrons. The Morgan fingerprint density at radius 2 is 1.94 bits per heavy atom. The third-order valence-corrected chi connectivity index (χ3v) is 6.33. The van der Waals surface area contributed by atoms with Crippen LogP contribution in [0, 0.1) is 0 Å². The van der Waals surface area contributed by atoms with Crippen LogP contribution in [0.15, 0.2) is 48.7 Å². The molecule has 2 atom stereocenters. The number of rotatable bonds is 8. The first kappa shape index (κ1) is 24.4. The molecule has 1 aromatic carbocycles. The second-order valence-electron chi connectivity index (χ2n) is 8.95. The number of benzene rings is 1. The van der Waals surface area contributed by atoms with E-state index in [1.807, 2.05) is 24.3 Å². The van der Waals surface area contributed by atoms with Gasteiger partial charge in [0.15, 0.2) is 11.5 Å². The minimum atomic E-state index is -4.45. The number of halogens is 3. The number of hydrogen-bond donors (Lipinski definition) is 1. The monoisotopic (exact) mass is 500 g/mol. The molecule has 0 spiro atoms. The van der Waals surface area contributed by atoms with Crippen LogP contribution in [0.1, 0.15) is 24.4 Å². The summed E-state index contributed by atoms with van der Waals surface area (Å²) in [6, 6.07) is 10.3. The number of nitrogens with two attached hydrogens (primary N) is 1. The number of alkyl halides is 3. The zero-order valence-corrected chi connectivity index (χ0v) is 19.8. The van der Waals surface area contributed by atoms with E-state index in [2.05, 4.69) is 10.2 Å². The molecule has 4 heterocycles. The smallest absolute Gasteiger partial charge is 0.408 e. The fourth-order valence-corrected chi connectivity index (χ4v) is 4.60. The Labute approximate surface area is 205 Å². The first-order valence-electron chi connectivity index (χ1n) is 11.8. The third kappa shape index (κ3) is 4.99. The number of methoxy groups -OCH3 is 1. The quantitative estimate of drug-likeness (QED) is 0.366. The number of nitrogens with zero attached hydrogens (tertiary/aromatic N) is 5. The molecule has 5 rings (SSSR count). The maximum Gasteiger partial charge on any atom is 0.408 e. The highest BCUT2D eigenvalue weighted by atomic mass is 19.4. The van der Waals surface area contributed by atoms with E-state index in [0.29, 0.717) is 54.6 Å². The normalized spacial score (nSPS) is 17.8. The average Bonchev–Trinajstić information content (AvgIpc) is 3.46. The van der Waals surface area contributed by atoms with Crippen LogP contribution in [0.2, 0.25) is 0 Å². The van der Waals surface area contributed by atoms with Crippen molar-refractivity contribution in [3.8, 4) is 17.3 Å². The molecule has 3 aromatic heterocycles. The van der Waals surface area contributed by atoms with Crippen molar-refractivity contribution < 1.29 is 22.6 Å². The van der Waals surface area contributed by atoms with Gasteiger partial charge in [-0.1, -0.05) is 12.1 Å². The summed E-state index contributed by atoms with van der Waals surface area (Å²) in [6.07, 6.45) is -1.70. The Hall–Kier alpha value is -3.28. The Morgan fingerprint density at radius 3 is 2.69 bits per heavy atom. The number of ether oxygens (including phenoxy) is 2. The van der Waals surface area contributed by atoms with E-state index in [1.54, 1.807) is 23.6 Å². The van der Waals surface area contributed by atoms with Gasteiger partial charge < -0.3 is 15.2 Å². The molecule has 0 saturated carbocycles. The Kier molecular flexibility index (Phi) is 6.78. The Balaban J connectivity index is 1.49. The molecule has 1 aliphatic rings. The van der Waals surface area contributed by atoms with Crippen LogP contribution in [0.25, 0.3) is 28.1 Å². The standard InChI is InChI=1S/C25H27F3N6O2/c1-35-11-2-12-36-19-6-3-16-4-7-20(30-21(16)13-19)24-32-31-22-8-5-17(14-34(22)24)23(25(26,27)28)33-10-9-18(29)15-33/h3-8,13-14,18,23H,2,9-12,15,29H2,1H3. The predicted octanol–water partition coefficient (Wildman–Crippen LogP) is 4.00. The number of likely N-dealkylation sites (tertiary alicyclic amines) is 1. The number of aromatic nitrogens is 4. The molecule has 0 radical (unpaired) electrons. The minimum Gasteiger partial charge on any atom is -0.493 e. The Bertz CT molecular complexity index is 1360. The van der Waals surface area contributed by atoms with Crippen molar-refractivity contribution in [2.75, 3.05) is 33.4 Å². The highest BCUT2D eigenvalue weighted by molar-refractivity contribution is 5.82. The fourth-order valence-electron chi connectivity index (χ4n) is 4.60. The number of fused-ring (bicyclic) bond motifs is 2. The second-order valence-corrected chi connectivity index (χ2v) is 8.95. The molecule has 0 aliphatic carbocycles. The summed E-state index contributed by atoms with van der Waals surface area (Å²) in [5.74, 6) is 1.03. The fraction of sp³-hybridized carbons (Fsp3) is 0.400. The molecule has 0 amide bonds. The minimum absolute atomic E-state index is 0.109. The van der Waals surface area contributed by atoms with Crippen LogP contribution in [0.4, 0.5) is 13.2 Å². The molecule has 1 saturated heterocycles. The van der Waals surface area contributed by atoms with Crippen LogP contribution in [0.5, 0.6) is 5.75 Å². The summed E-state index contributed by atoms with van der Waals surface area (Å²) in [6.45, 7) is 1.61. The van der Waals surface area contributed by atoms with Crippen molar-refractivity contribution in [3.05, 3.63) is 54.2 Å². The van der Waals surface area contributed by atoms with Gasteiger partial charge in [0.1, 0.15) is 17.5 Å². The lowest BCUT2D eigenvalue weighted by Crippen LogP contribution is -2.38. The van der Waals surface area contributed by atoms with Gasteiger partial charge in [-0.25, -0.2) is 4.98 Å². The van der Waals surface area contributed by atoms with E-state index >= 15 is 0 Å². The summed E-state index contributed by atoms with van der Waals surface area (Å²) in [5, 5.41) is 9.27. The van der Waals surface area contributed by atoms with Gasteiger partial charge in [0.05, 0.1) is 12.1 Å². The molecular weight excluding hydrogens is 473 g/mol. The first-order valence-corrected chi connectivity index (χ1v) is 11.8. The third-order valence-electron chi connectivity index (χ3n) is 6.33. The van der Waals surface area contributed by atoms with Crippen LogP contribution < -0.4 is 10.5 Å². The van der Waals surface area contributed by atoms with Crippen LogP contribution in [-0.2, 0) is 4.74 Å². The molecule has 0 bridgehead atoms. The lowest BCUT2D eigenvalue weighted by atomic mass is 10.1. The molecule has 11 heteroatoms. The van der Waals surface area contributed by atoms with Gasteiger partial charge in [-0.05, 0) is 36.2 Å². The molecule has 8 nitrogen and oxygen atoms in total. The predicted molar refractivity (Wildman–Crippen MR) is 129 cm³/mol. The molecular formula is C25H27F3N6O2. The van der Waals surface area contributed by atoms with Crippen molar-refractivity contribution in [1.29, 1.82) is 0 Å². The zero-order chi connectivity index (χ0) is 25.3. The van der Waals surface area contributed by atoms with Gasteiger partial charge in [-0.2, -0.15) is 13.2 Å². The van der Waals surface area contributed by atoms with Gasteiger partial charge in [0.25, 0.3) is 0 Å². The van der Waals surface area contributed by atoms with Crippen molar-refractivity contribution >= 4 is 16.6 Å². The summed E-state index contributed by atoms with van der Waals surface area (Å²) in [5.41, 5.74) is 7.62. The second kappa shape index (κ2) is 10.00. The van der Waals surface area contributed by atoms with E-state index in [-0.39, 0.29) is 18.2 Å². The van der Waals surface area contributed by atoms with E-state index in [1.165, 1.54) is 17.2 Å². The average molecular weight is 501 g/mol. The van der Waals surface area contributed by atoms with Crippen molar-refractivity contribution in [2.24, 2.45) is 5.73 Å². The Morgan fingerprint density at radius 1 is 1.11 bits per heavy atom. The summed E-state index contributed by atoms with van der Waals surface area (Å²) >= 11 is 0. The van der Waals surface area contributed by atoms with E-state index < -0.39 is 12.2 Å². The van der Waals surface area contributed by atoms with Gasteiger partial charge in [0, 0.05) is 56.9 Å². The lowest BCUT2D eigenvalue weighted by molar-refractivity contribution is -0.183. The SMILES string of the molecule is COCCCOc1ccc2ccc(-c3nnc4ccc(C(N5CCC(N)C5)C(F)(F)F)cn34)nc2c1. The topological polar surface area (TPSA) is 90.8 Å². The molecule has 1 aliphatic heterocycles. The maximum absolute atomic E-state index is 14.1. The molecule has 4 aromatic rings. The molecule has 2 N–H and O–H groups in total. The lowest BCUT2D eigenvalue weighted by Gasteiger charge is -2.30. The van der Waals surface area contributed by atoms with Crippen LogP contribution in [-0.4, -0.2) is 70.1 Å². The largest absolute Gasteiger partial charge is 0.493 e. The highest BCUT2D eigenvalue weighted by Crippen LogP contribution is 2.39. The zero-order valence-electron chi connectivity index (χ0n) is 19.8. The van der Waals surface area contributed by atoms with Crippen LogP contribution >= 0.6 is 0 Å². The molecule has 1 fully saturated rings. The summed E-state index contributed by atoms with van der Waals surface area (Å²) in [4.78, 5) is 6.09. The number of hydrogen-bond acceptors (Lipinski definition) is 7. The van der Waals surface area contributed by atoms with Gasteiger partial charge in [-0.15, -0.1) is 10.2 Å². The van der Waals surface area contributed by atoms with Crippen molar-refractivity contribution in [3.63, 3.8) is 0 Å². The highest BCUT2D eigenvalue weighted by Gasteiger charge is 2.46.